The Morgan fingerprint density at radius 1 is 1.57 bits per heavy atom. The van der Waals surface area contributed by atoms with Crippen LogP contribution in [0, 0.1) is 5.92 Å². The maximum Gasteiger partial charge on any atom is 0.211 e. The van der Waals surface area contributed by atoms with E-state index in [4.69, 9.17) is 0 Å². The maximum absolute atomic E-state index is 10.3. The minimum atomic E-state index is -0.252. The van der Waals surface area contributed by atoms with Gasteiger partial charge < -0.3 is 5.32 Å². The van der Waals surface area contributed by atoms with Crippen molar-refractivity contribution >= 4 is 19.0 Å². The van der Waals surface area contributed by atoms with Crippen molar-refractivity contribution in [2.45, 2.75) is 18.6 Å². The monoisotopic (exact) mass is 209 g/mol. The second kappa shape index (κ2) is 4.51. The molecule has 0 saturated heterocycles. The molecular weight excluding hydrogens is 194 g/mol. The molecule has 0 bridgehead atoms. The van der Waals surface area contributed by atoms with Crippen molar-refractivity contribution < 1.29 is 4.79 Å². The van der Waals surface area contributed by atoms with Crippen LogP contribution in [0.25, 0.3) is 0 Å². The molecule has 0 radical (unpaired) electrons. The van der Waals surface area contributed by atoms with Gasteiger partial charge in [0.15, 0.2) is 0 Å². The number of amides is 1. The lowest BCUT2D eigenvalue weighted by Gasteiger charge is -2.17. The van der Waals surface area contributed by atoms with Gasteiger partial charge in [-0.05, 0) is 18.9 Å². The minimum Gasteiger partial charge on any atom is -0.329 e. The van der Waals surface area contributed by atoms with E-state index in [0.717, 1.165) is 5.70 Å². The number of carbonyl (C=O) groups excluding carboxylic acids is 1. The van der Waals surface area contributed by atoms with Crippen LogP contribution in [-0.4, -0.2) is 11.2 Å². The molecule has 0 heterocycles. The van der Waals surface area contributed by atoms with Crippen molar-refractivity contribution in [3.8, 4) is 0 Å². The molecule has 0 fully saturated rings. The molecule has 1 aliphatic carbocycles. The van der Waals surface area contributed by atoms with Gasteiger partial charge >= 0.3 is 0 Å². The molecule has 0 aromatic heterocycles. The highest BCUT2D eigenvalue weighted by Gasteiger charge is 2.12. The van der Waals surface area contributed by atoms with Crippen molar-refractivity contribution in [1.82, 2.24) is 5.32 Å². The first-order valence-electron chi connectivity index (χ1n) is 4.56. The zero-order valence-electron chi connectivity index (χ0n) is 8.40. The molecule has 1 N–H and O–H groups in total. The van der Waals surface area contributed by atoms with Gasteiger partial charge in [0, 0.05) is 10.4 Å². The van der Waals surface area contributed by atoms with Crippen LogP contribution in [0.15, 0.2) is 36.1 Å². The van der Waals surface area contributed by atoms with E-state index in [1.54, 1.807) is 0 Å². The van der Waals surface area contributed by atoms with Crippen molar-refractivity contribution in [2.75, 3.05) is 0 Å². The molecule has 0 aliphatic heterocycles. The molecular formula is C11H15NOS. The van der Waals surface area contributed by atoms with Crippen LogP contribution in [-0.2, 0) is 4.79 Å². The van der Waals surface area contributed by atoms with Crippen LogP contribution in [0.2, 0.25) is 0 Å². The van der Waals surface area contributed by atoms with Crippen LogP contribution >= 0.6 is 12.6 Å². The summed E-state index contributed by atoms with van der Waals surface area (Å²) < 4.78 is -0.252. The van der Waals surface area contributed by atoms with Crippen molar-refractivity contribution in [2.24, 2.45) is 5.92 Å². The summed E-state index contributed by atoms with van der Waals surface area (Å²) >= 11 is 4.47. The molecule has 76 valence electrons. The highest BCUT2D eigenvalue weighted by Crippen LogP contribution is 2.21. The van der Waals surface area contributed by atoms with Gasteiger partial charge in [0.2, 0.25) is 6.41 Å². The Labute approximate surface area is 90.2 Å². The summed E-state index contributed by atoms with van der Waals surface area (Å²) in [7, 11) is 0. The molecule has 1 amide bonds. The third-order valence-corrected chi connectivity index (χ3v) is 2.30. The molecule has 3 heteroatoms. The van der Waals surface area contributed by atoms with Gasteiger partial charge in [0.05, 0.1) is 0 Å². The SMILES string of the molecule is CC1/C=C\C(C)(S)/C=C\C(NC=O)=C/1. The fraction of sp³-hybridized carbons (Fsp3) is 0.364. The maximum atomic E-state index is 10.3. The second-order valence-corrected chi connectivity index (χ2v) is 4.63. The Balaban J connectivity index is 2.94. The lowest BCUT2D eigenvalue weighted by Crippen LogP contribution is -2.14. The standard InChI is InChI=1S/C11H15NOS/c1-9-3-5-11(2,14)6-4-10(7-9)12-8-13/h3-9,14H,1-2H3,(H,12,13)/b5-3-,6-4-,10-7+. The minimum absolute atomic E-state index is 0.252. The van der Waals surface area contributed by atoms with Crippen molar-refractivity contribution in [1.29, 1.82) is 0 Å². The van der Waals surface area contributed by atoms with Gasteiger partial charge in [-0.1, -0.05) is 31.2 Å². The third kappa shape index (κ3) is 3.42. The molecule has 14 heavy (non-hydrogen) atoms. The number of thiol groups is 1. The third-order valence-electron chi connectivity index (χ3n) is 2.01. The number of carbonyl (C=O) groups is 1. The Hall–Kier alpha value is -0.960. The van der Waals surface area contributed by atoms with E-state index in [-0.39, 0.29) is 4.75 Å². The number of rotatable bonds is 2. The number of hydrogen-bond donors (Lipinski definition) is 2. The van der Waals surface area contributed by atoms with Gasteiger partial charge in [0.25, 0.3) is 0 Å². The molecule has 0 aromatic rings. The van der Waals surface area contributed by atoms with Crippen LogP contribution in [0.4, 0.5) is 0 Å². The molecule has 1 rings (SSSR count). The molecule has 0 aromatic carbocycles. The summed E-state index contributed by atoms with van der Waals surface area (Å²) in [6, 6.07) is 0. The first-order valence-corrected chi connectivity index (χ1v) is 5.01. The highest BCUT2D eigenvalue weighted by molar-refractivity contribution is 7.82. The fourth-order valence-corrected chi connectivity index (χ4v) is 1.38. The molecule has 0 saturated carbocycles. The van der Waals surface area contributed by atoms with Gasteiger partial charge in [-0.3, -0.25) is 4.79 Å². The van der Waals surface area contributed by atoms with Gasteiger partial charge in [-0.2, -0.15) is 12.6 Å². The van der Waals surface area contributed by atoms with Gasteiger partial charge in [0.1, 0.15) is 0 Å². The first kappa shape index (κ1) is 11.1. The van der Waals surface area contributed by atoms with Gasteiger partial charge in [-0.25, -0.2) is 0 Å². The van der Waals surface area contributed by atoms with E-state index >= 15 is 0 Å². The average Bonchev–Trinajstić information content (AvgIpc) is 2.10. The number of hydrogen-bond acceptors (Lipinski definition) is 2. The zero-order chi connectivity index (χ0) is 10.6. The van der Waals surface area contributed by atoms with E-state index in [0.29, 0.717) is 12.3 Å². The highest BCUT2D eigenvalue weighted by atomic mass is 32.1. The summed E-state index contributed by atoms with van der Waals surface area (Å²) in [6.07, 6.45) is 10.6. The number of nitrogens with one attached hydrogen (secondary N) is 1. The van der Waals surface area contributed by atoms with Crippen LogP contribution in [0.5, 0.6) is 0 Å². The van der Waals surface area contributed by atoms with Crippen LogP contribution in [0.1, 0.15) is 13.8 Å². The Bertz CT molecular complexity index is 302. The summed E-state index contributed by atoms with van der Waals surface area (Å²) in [5.41, 5.74) is 0.817. The van der Waals surface area contributed by atoms with Crippen LogP contribution in [0.3, 0.4) is 0 Å². The molecule has 2 atom stereocenters. The number of allylic oxidation sites excluding steroid dienone is 3. The smallest absolute Gasteiger partial charge is 0.211 e. The molecule has 1 aliphatic rings. The summed E-state index contributed by atoms with van der Waals surface area (Å²) in [5, 5.41) is 2.65. The predicted molar refractivity (Wildman–Crippen MR) is 62.1 cm³/mol. The van der Waals surface area contributed by atoms with E-state index in [2.05, 4.69) is 30.9 Å². The Morgan fingerprint density at radius 3 is 2.93 bits per heavy atom. The fourth-order valence-electron chi connectivity index (χ4n) is 1.22. The average molecular weight is 209 g/mol. The van der Waals surface area contributed by atoms with Crippen molar-refractivity contribution in [3.63, 3.8) is 0 Å². The van der Waals surface area contributed by atoms with Crippen LogP contribution < -0.4 is 5.32 Å². The first-order chi connectivity index (χ1) is 6.53. The largest absolute Gasteiger partial charge is 0.329 e. The normalized spacial score (nSPS) is 39.9. The van der Waals surface area contributed by atoms with E-state index in [1.807, 2.05) is 31.2 Å². The molecule has 0 spiro atoms. The van der Waals surface area contributed by atoms with E-state index < -0.39 is 0 Å². The van der Waals surface area contributed by atoms with Crippen molar-refractivity contribution in [3.05, 3.63) is 36.1 Å². The lowest BCUT2D eigenvalue weighted by atomic mass is 10.0. The zero-order valence-corrected chi connectivity index (χ0v) is 9.29. The quantitative estimate of drug-likeness (QED) is 0.407. The second-order valence-electron chi connectivity index (χ2n) is 3.66. The Kier molecular flexibility index (Phi) is 3.58. The molecule has 2 nitrogen and oxygen atoms in total. The van der Waals surface area contributed by atoms with E-state index in [9.17, 15) is 4.79 Å². The topological polar surface area (TPSA) is 29.1 Å². The summed E-state index contributed by atoms with van der Waals surface area (Å²) in [4.78, 5) is 10.3. The van der Waals surface area contributed by atoms with Gasteiger partial charge in [-0.15, -0.1) is 0 Å². The van der Waals surface area contributed by atoms with E-state index in [1.165, 1.54) is 0 Å². The summed E-state index contributed by atoms with van der Waals surface area (Å²) in [6.45, 7) is 4.06. The summed E-state index contributed by atoms with van der Waals surface area (Å²) in [5.74, 6) is 0.300. The lowest BCUT2D eigenvalue weighted by molar-refractivity contribution is -0.108. The molecule has 2 unspecified atom stereocenters. The Morgan fingerprint density at radius 2 is 2.29 bits per heavy atom. The predicted octanol–water partition coefficient (Wildman–Crippen LogP) is 2.07.